The lowest BCUT2D eigenvalue weighted by molar-refractivity contribution is -0.121. The first-order valence-corrected chi connectivity index (χ1v) is 10.4. The van der Waals surface area contributed by atoms with Gasteiger partial charge in [-0.25, -0.2) is 0 Å². The highest BCUT2D eigenvalue weighted by Crippen LogP contribution is 2.35. The van der Waals surface area contributed by atoms with Gasteiger partial charge in [0, 0.05) is 31.6 Å². The molecule has 1 fully saturated rings. The summed E-state index contributed by atoms with van der Waals surface area (Å²) in [7, 11) is 1.67. The van der Waals surface area contributed by atoms with E-state index in [1.54, 1.807) is 7.11 Å². The lowest BCUT2D eigenvalue weighted by Gasteiger charge is -2.38. The van der Waals surface area contributed by atoms with E-state index in [0.717, 1.165) is 29.9 Å². The number of amides is 1. The maximum atomic E-state index is 12.6. The number of benzene rings is 2. The number of aryl methyl sites for hydroxylation is 1. The molecule has 3 rings (SSSR count). The minimum Gasteiger partial charge on any atom is -0.497 e. The van der Waals surface area contributed by atoms with E-state index in [1.807, 2.05) is 43.3 Å². The number of nitrogens with one attached hydrogen (secondary N) is 1. The van der Waals surface area contributed by atoms with Crippen molar-refractivity contribution in [3.63, 3.8) is 0 Å². The van der Waals surface area contributed by atoms with E-state index in [1.165, 1.54) is 5.56 Å². The summed E-state index contributed by atoms with van der Waals surface area (Å²) in [6, 6.07) is 16.1. The fraction of sp³-hybridized carbons (Fsp3) is 0.458. The predicted molar refractivity (Wildman–Crippen MR) is 114 cm³/mol. The molecule has 5 heteroatoms. The highest BCUT2D eigenvalue weighted by atomic mass is 16.5. The molecule has 1 N–H and O–H groups in total. The van der Waals surface area contributed by atoms with Crippen molar-refractivity contribution in [3.8, 4) is 11.5 Å². The minimum absolute atomic E-state index is 0.0654. The summed E-state index contributed by atoms with van der Waals surface area (Å²) >= 11 is 0. The van der Waals surface area contributed by atoms with E-state index >= 15 is 0 Å². The van der Waals surface area contributed by atoms with Crippen LogP contribution in [0.5, 0.6) is 11.5 Å². The Bertz CT molecular complexity index is 782. The zero-order chi connectivity index (χ0) is 20.5. The molecule has 0 unspecified atom stereocenters. The van der Waals surface area contributed by atoms with Crippen LogP contribution in [0.2, 0.25) is 0 Å². The predicted octanol–water partition coefficient (Wildman–Crippen LogP) is 3.89. The Morgan fingerprint density at radius 1 is 1.10 bits per heavy atom. The normalized spacial score (nSPS) is 15.5. The Morgan fingerprint density at radius 3 is 2.52 bits per heavy atom. The van der Waals surface area contributed by atoms with Crippen LogP contribution in [0.4, 0.5) is 0 Å². The Kier molecular flexibility index (Phi) is 7.53. The van der Waals surface area contributed by atoms with Crippen LogP contribution in [0, 0.1) is 0 Å². The van der Waals surface area contributed by atoms with E-state index in [0.29, 0.717) is 39.2 Å². The SMILES string of the molecule is CCOc1ccccc1CCC(=O)NCC1(c2ccc(OC)cc2)CCOCC1. The number of para-hydroxylation sites is 1. The van der Waals surface area contributed by atoms with E-state index in [4.69, 9.17) is 14.2 Å². The average Bonchev–Trinajstić information content (AvgIpc) is 2.78. The first-order valence-electron chi connectivity index (χ1n) is 10.4. The molecular weight excluding hydrogens is 366 g/mol. The molecule has 0 radical (unpaired) electrons. The number of rotatable bonds is 9. The van der Waals surface area contributed by atoms with Gasteiger partial charge in [-0.3, -0.25) is 4.79 Å². The molecule has 2 aromatic carbocycles. The van der Waals surface area contributed by atoms with Gasteiger partial charge in [0.2, 0.25) is 5.91 Å². The second-order valence-electron chi connectivity index (χ2n) is 7.44. The lowest BCUT2D eigenvalue weighted by Crippen LogP contribution is -2.44. The van der Waals surface area contributed by atoms with Gasteiger partial charge in [0.25, 0.3) is 0 Å². The van der Waals surface area contributed by atoms with Crippen molar-refractivity contribution in [1.29, 1.82) is 0 Å². The van der Waals surface area contributed by atoms with Crippen molar-refractivity contribution >= 4 is 5.91 Å². The molecule has 2 aromatic rings. The summed E-state index contributed by atoms with van der Waals surface area (Å²) in [6.45, 7) is 4.63. The quantitative estimate of drug-likeness (QED) is 0.697. The molecule has 1 aliphatic heterocycles. The van der Waals surface area contributed by atoms with Crippen molar-refractivity contribution in [2.75, 3.05) is 33.5 Å². The van der Waals surface area contributed by atoms with Crippen LogP contribution >= 0.6 is 0 Å². The topological polar surface area (TPSA) is 56.8 Å². The summed E-state index contributed by atoms with van der Waals surface area (Å²) in [6.07, 6.45) is 2.90. The van der Waals surface area contributed by atoms with Crippen molar-refractivity contribution < 1.29 is 19.0 Å². The fourth-order valence-electron chi connectivity index (χ4n) is 3.89. The van der Waals surface area contributed by atoms with Crippen LogP contribution in [0.3, 0.4) is 0 Å². The Morgan fingerprint density at radius 2 is 1.83 bits per heavy atom. The number of carbonyl (C=O) groups is 1. The van der Waals surface area contributed by atoms with Gasteiger partial charge in [-0.1, -0.05) is 30.3 Å². The van der Waals surface area contributed by atoms with Gasteiger partial charge in [0.15, 0.2) is 0 Å². The molecule has 29 heavy (non-hydrogen) atoms. The first-order chi connectivity index (χ1) is 14.2. The third kappa shape index (κ3) is 5.51. The third-order valence-electron chi connectivity index (χ3n) is 5.67. The summed E-state index contributed by atoms with van der Waals surface area (Å²) in [5.41, 5.74) is 2.20. The average molecular weight is 398 g/mol. The van der Waals surface area contributed by atoms with Crippen molar-refractivity contribution in [2.24, 2.45) is 0 Å². The number of methoxy groups -OCH3 is 1. The molecule has 1 amide bonds. The Labute approximate surface area is 173 Å². The van der Waals surface area contributed by atoms with Crippen molar-refractivity contribution in [1.82, 2.24) is 5.32 Å². The van der Waals surface area contributed by atoms with Gasteiger partial charge < -0.3 is 19.5 Å². The molecule has 0 aromatic heterocycles. The Balaban J connectivity index is 1.61. The zero-order valence-corrected chi connectivity index (χ0v) is 17.4. The van der Waals surface area contributed by atoms with Crippen LogP contribution < -0.4 is 14.8 Å². The minimum atomic E-state index is -0.0938. The van der Waals surface area contributed by atoms with Gasteiger partial charge in [0.05, 0.1) is 13.7 Å². The largest absolute Gasteiger partial charge is 0.497 e. The maximum absolute atomic E-state index is 12.6. The second-order valence-corrected chi connectivity index (χ2v) is 7.44. The van der Waals surface area contributed by atoms with Crippen LogP contribution in [0.25, 0.3) is 0 Å². The molecule has 1 heterocycles. The first kappa shape index (κ1) is 21.2. The van der Waals surface area contributed by atoms with Crippen molar-refractivity contribution in [3.05, 3.63) is 59.7 Å². The zero-order valence-electron chi connectivity index (χ0n) is 17.4. The van der Waals surface area contributed by atoms with Crippen molar-refractivity contribution in [2.45, 2.75) is 38.0 Å². The molecule has 0 saturated carbocycles. The second kappa shape index (κ2) is 10.3. The molecule has 1 aliphatic rings. The monoisotopic (exact) mass is 397 g/mol. The fourth-order valence-corrected chi connectivity index (χ4v) is 3.89. The highest BCUT2D eigenvalue weighted by Gasteiger charge is 2.34. The number of ether oxygens (including phenoxy) is 3. The number of hydrogen-bond acceptors (Lipinski definition) is 4. The standard InChI is InChI=1S/C24H31NO4/c1-3-29-22-7-5-4-6-19(22)8-13-23(26)25-18-24(14-16-28-17-15-24)20-9-11-21(27-2)12-10-20/h4-7,9-12H,3,8,13-18H2,1-2H3,(H,25,26). The summed E-state index contributed by atoms with van der Waals surface area (Å²) < 4.78 is 16.5. The maximum Gasteiger partial charge on any atom is 0.220 e. The smallest absolute Gasteiger partial charge is 0.220 e. The van der Waals surface area contributed by atoms with E-state index in [-0.39, 0.29) is 11.3 Å². The molecule has 1 saturated heterocycles. The molecule has 0 bridgehead atoms. The highest BCUT2D eigenvalue weighted by molar-refractivity contribution is 5.76. The Hall–Kier alpha value is -2.53. The molecule has 156 valence electrons. The van der Waals surface area contributed by atoms with Crippen LogP contribution in [0.15, 0.2) is 48.5 Å². The van der Waals surface area contributed by atoms with E-state index in [9.17, 15) is 4.79 Å². The van der Waals surface area contributed by atoms with Gasteiger partial charge in [-0.2, -0.15) is 0 Å². The van der Waals surface area contributed by atoms with Crippen LogP contribution in [-0.2, 0) is 21.4 Å². The number of hydrogen-bond donors (Lipinski definition) is 1. The van der Waals surface area contributed by atoms with Gasteiger partial charge in [-0.15, -0.1) is 0 Å². The van der Waals surface area contributed by atoms with Gasteiger partial charge >= 0.3 is 0 Å². The molecule has 0 atom stereocenters. The van der Waals surface area contributed by atoms with Crippen LogP contribution in [0.1, 0.15) is 37.3 Å². The van der Waals surface area contributed by atoms with E-state index < -0.39 is 0 Å². The third-order valence-corrected chi connectivity index (χ3v) is 5.67. The molecule has 0 aliphatic carbocycles. The summed E-state index contributed by atoms with van der Waals surface area (Å²) in [5, 5.41) is 3.18. The number of carbonyl (C=O) groups excluding carboxylic acids is 1. The van der Waals surface area contributed by atoms with E-state index in [2.05, 4.69) is 17.4 Å². The lowest BCUT2D eigenvalue weighted by atomic mass is 9.74. The molecular formula is C24H31NO4. The summed E-state index contributed by atoms with van der Waals surface area (Å²) in [5.74, 6) is 1.77. The molecule has 5 nitrogen and oxygen atoms in total. The van der Waals surface area contributed by atoms with Crippen LogP contribution in [-0.4, -0.2) is 39.4 Å². The molecule has 0 spiro atoms. The summed E-state index contributed by atoms with van der Waals surface area (Å²) in [4.78, 5) is 12.6. The van der Waals surface area contributed by atoms with Gasteiger partial charge in [-0.05, 0) is 55.5 Å². The van der Waals surface area contributed by atoms with Gasteiger partial charge in [0.1, 0.15) is 11.5 Å².